The van der Waals surface area contributed by atoms with Crippen molar-refractivity contribution in [1.29, 1.82) is 0 Å². The Balaban J connectivity index is 1.84. The van der Waals surface area contributed by atoms with E-state index in [2.05, 4.69) is 34.1 Å². The molecular formula is C17H18BN3O2. The van der Waals surface area contributed by atoms with E-state index in [-0.39, 0.29) is 13.0 Å². The van der Waals surface area contributed by atoms with E-state index in [0.717, 1.165) is 5.69 Å². The minimum absolute atomic E-state index is 0.0307. The standard InChI is InChI=1S/C17H18BN3O2/c1-11(2)23-17-15(19-4)7-8-16(21-17)20-13-5-6-14-12(9-13)10-22-18(14)3/h5-9,11H,10H2,1-3H3,(H,20,21). The molecule has 0 amide bonds. The SMILES string of the molecule is [C-]#[N+]c1ccc(Nc2ccc3c(c2)COB3C)nc1OC(C)C. The molecule has 0 spiro atoms. The molecule has 2 heterocycles. The number of nitrogens with one attached hydrogen (secondary N) is 1. The smallest absolute Gasteiger partial charge is 0.324 e. The molecule has 1 aromatic carbocycles. The van der Waals surface area contributed by atoms with Crippen LogP contribution in [0.2, 0.25) is 6.82 Å². The van der Waals surface area contributed by atoms with E-state index in [9.17, 15) is 0 Å². The molecular weight excluding hydrogens is 289 g/mol. The van der Waals surface area contributed by atoms with E-state index >= 15 is 0 Å². The third-order valence-corrected chi connectivity index (χ3v) is 3.65. The van der Waals surface area contributed by atoms with Crippen molar-refractivity contribution in [1.82, 2.24) is 4.98 Å². The van der Waals surface area contributed by atoms with Gasteiger partial charge in [0.25, 0.3) is 0 Å². The van der Waals surface area contributed by atoms with Crippen molar-refractivity contribution in [2.24, 2.45) is 0 Å². The summed E-state index contributed by atoms with van der Waals surface area (Å²) in [5.41, 5.74) is 3.79. The topological polar surface area (TPSA) is 47.7 Å². The maximum absolute atomic E-state index is 7.19. The molecule has 1 aliphatic rings. The van der Waals surface area contributed by atoms with Crippen molar-refractivity contribution < 1.29 is 9.39 Å². The second-order valence-corrected chi connectivity index (χ2v) is 5.79. The molecule has 116 valence electrons. The average Bonchev–Trinajstić information content (AvgIpc) is 2.88. The molecule has 1 aliphatic heterocycles. The van der Waals surface area contributed by atoms with E-state index in [1.165, 1.54) is 11.0 Å². The Hall–Kier alpha value is -2.52. The predicted octanol–water partition coefficient (Wildman–Crippen LogP) is 3.52. The summed E-state index contributed by atoms with van der Waals surface area (Å²) in [6.45, 7) is 13.9. The second kappa shape index (κ2) is 6.31. The first-order valence-electron chi connectivity index (χ1n) is 7.63. The van der Waals surface area contributed by atoms with Crippen molar-refractivity contribution in [3.8, 4) is 5.88 Å². The Morgan fingerprint density at radius 3 is 2.91 bits per heavy atom. The Morgan fingerprint density at radius 1 is 1.35 bits per heavy atom. The first-order valence-corrected chi connectivity index (χ1v) is 7.63. The van der Waals surface area contributed by atoms with Gasteiger partial charge in [0.2, 0.25) is 11.6 Å². The molecule has 0 radical (unpaired) electrons. The fourth-order valence-electron chi connectivity index (χ4n) is 2.56. The van der Waals surface area contributed by atoms with E-state index in [4.69, 9.17) is 16.0 Å². The number of hydrogen-bond acceptors (Lipinski definition) is 4. The van der Waals surface area contributed by atoms with Crippen LogP contribution < -0.4 is 15.5 Å². The summed E-state index contributed by atoms with van der Waals surface area (Å²) in [5, 5.41) is 3.26. The van der Waals surface area contributed by atoms with Crippen LogP contribution in [-0.2, 0) is 11.3 Å². The van der Waals surface area contributed by atoms with Crippen LogP contribution >= 0.6 is 0 Å². The largest absolute Gasteiger partial charge is 0.484 e. The normalized spacial score (nSPS) is 12.9. The molecule has 3 rings (SSSR count). The molecule has 1 aromatic heterocycles. The maximum atomic E-state index is 7.19. The average molecular weight is 307 g/mol. The number of ether oxygens (including phenoxy) is 1. The molecule has 0 saturated heterocycles. The third-order valence-electron chi connectivity index (χ3n) is 3.65. The van der Waals surface area contributed by atoms with Gasteiger partial charge in [0, 0.05) is 5.69 Å². The van der Waals surface area contributed by atoms with Gasteiger partial charge in [0.05, 0.1) is 19.3 Å². The number of fused-ring (bicyclic) bond motifs is 1. The third kappa shape index (κ3) is 3.30. The molecule has 0 fully saturated rings. The quantitative estimate of drug-likeness (QED) is 0.693. The molecule has 0 aliphatic carbocycles. The zero-order chi connectivity index (χ0) is 16.4. The lowest BCUT2D eigenvalue weighted by Gasteiger charge is -2.13. The van der Waals surface area contributed by atoms with Crippen LogP contribution in [0.1, 0.15) is 19.4 Å². The van der Waals surface area contributed by atoms with Crippen molar-refractivity contribution in [2.75, 3.05) is 5.32 Å². The fourth-order valence-corrected chi connectivity index (χ4v) is 2.56. The van der Waals surface area contributed by atoms with Crippen LogP contribution in [0.3, 0.4) is 0 Å². The Morgan fingerprint density at radius 2 is 2.17 bits per heavy atom. The van der Waals surface area contributed by atoms with Crippen LogP contribution in [0.4, 0.5) is 17.2 Å². The number of pyridine rings is 1. The second-order valence-electron chi connectivity index (χ2n) is 5.79. The van der Waals surface area contributed by atoms with Gasteiger partial charge in [0.15, 0.2) is 0 Å². The fraction of sp³-hybridized carbons (Fsp3) is 0.294. The molecule has 0 atom stereocenters. The van der Waals surface area contributed by atoms with Crippen molar-refractivity contribution in [2.45, 2.75) is 33.4 Å². The van der Waals surface area contributed by atoms with Crippen molar-refractivity contribution in [3.05, 3.63) is 47.3 Å². The summed E-state index contributed by atoms with van der Waals surface area (Å²) in [6.07, 6.45) is -0.0307. The highest BCUT2D eigenvalue weighted by Gasteiger charge is 2.23. The van der Waals surface area contributed by atoms with E-state index in [1.807, 2.05) is 19.9 Å². The minimum atomic E-state index is -0.0307. The summed E-state index contributed by atoms with van der Waals surface area (Å²) in [4.78, 5) is 7.85. The zero-order valence-corrected chi connectivity index (χ0v) is 13.5. The maximum Gasteiger partial charge on any atom is 0.324 e. The lowest BCUT2D eigenvalue weighted by atomic mass is 9.64. The number of anilines is 2. The van der Waals surface area contributed by atoms with Gasteiger partial charge in [0.1, 0.15) is 5.82 Å². The first-order chi connectivity index (χ1) is 11.1. The summed E-state index contributed by atoms with van der Waals surface area (Å²) >= 11 is 0. The predicted molar refractivity (Wildman–Crippen MR) is 92.0 cm³/mol. The molecule has 1 N–H and O–H groups in total. The van der Waals surface area contributed by atoms with Crippen molar-refractivity contribution >= 4 is 29.6 Å². The summed E-state index contributed by atoms with van der Waals surface area (Å²) < 4.78 is 11.2. The molecule has 2 aromatic rings. The number of benzene rings is 1. The van der Waals surface area contributed by atoms with Crippen LogP contribution in [0, 0.1) is 6.57 Å². The Labute approximate surface area is 136 Å². The van der Waals surface area contributed by atoms with Gasteiger partial charge >= 0.3 is 6.92 Å². The number of rotatable bonds is 4. The van der Waals surface area contributed by atoms with Crippen LogP contribution in [-0.4, -0.2) is 18.0 Å². The van der Waals surface area contributed by atoms with E-state index in [1.54, 1.807) is 12.1 Å². The van der Waals surface area contributed by atoms with Gasteiger partial charge in [-0.3, -0.25) is 0 Å². The van der Waals surface area contributed by atoms with Crippen LogP contribution in [0.25, 0.3) is 4.85 Å². The van der Waals surface area contributed by atoms with Crippen molar-refractivity contribution in [3.63, 3.8) is 0 Å². The molecule has 0 bridgehead atoms. The molecule has 0 unspecified atom stereocenters. The minimum Gasteiger partial charge on any atom is -0.484 e. The first kappa shape index (κ1) is 15.4. The molecule has 5 nitrogen and oxygen atoms in total. The van der Waals surface area contributed by atoms with Gasteiger partial charge in [-0.25, -0.2) is 9.83 Å². The number of nitrogens with zero attached hydrogens (tertiary/aromatic N) is 2. The lowest BCUT2D eigenvalue weighted by Crippen LogP contribution is -2.23. The summed E-state index contributed by atoms with van der Waals surface area (Å²) in [5.74, 6) is 1.01. The summed E-state index contributed by atoms with van der Waals surface area (Å²) in [6, 6.07) is 9.67. The van der Waals surface area contributed by atoms with Gasteiger partial charge in [-0.15, -0.1) is 0 Å². The number of hydrogen-bond donors (Lipinski definition) is 1. The van der Waals surface area contributed by atoms with Crippen LogP contribution in [0.15, 0.2) is 30.3 Å². The van der Waals surface area contributed by atoms with Gasteiger partial charge < -0.3 is 14.7 Å². The highest BCUT2D eigenvalue weighted by atomic mass is 16.5. The lowest BCUT2D eigenvalue weighted by molar-refractivity contribution is 0.235. The molecule has 6 heteroatoms. The molecule has 23 heavy (non-hydrogen) atoms. The Bertz CT molecular complexity index is 771. The highest BCUT2D eigenvalue weighted by molar-refractivity contribution is 6.67. The zero-order valence-electron chi connectivity index (χ0n) is 13.5. The van der Waals surface area contributed by atoms with E-state index in [0.29, 0.717) is 24.0 Å². The number of aromatic nitrogens is 1. The molecule has 0 saturated carbocycles. The summed E-state index contributed by atoms with van der Waals surface area (Å²) in [7, 11) is 0. The van der Waals surface area contributed by atoms with Gasteiger partial charge in [-0.2, -0.15) is 0 Å². The highest BCUT2D eigenvalue weighted by Crippen LogP contribution is 2.29. The monoisotopic (exact) mass is 307 g/mol. The van der Waals surface area contributed by atoms with E-state index < -0.39 is 0 Å². The van der Waals surface area contributed by atoms with Gasteiger partial charge in [-0.1, -0.05) is 12.9 Å². The van der Waals surface area contributed by atoms with Crippen LogP contribution in [0.5, 0.6) is 5.88 Å². The van der Waals surface area contributed by atoms with Gasteiger partial charge in [-0.05, 0) is 49.1 Å². The Kier molecular flexibility index (Phi) is 4.22.